The van der Waals surface area contributed by atoms with Crippen LogP contribution in [0.5, 0.6) is 0 Å². The van der Waals surface area contributed by atoms with Gasteiger partial charge in [-0.15, -0.1) is 0 Å². The molecule has 0 aliphatic rings. The molecule has 120 valence electrons. The topological polar surface area (TPSA) is 39.3 Å². The van der Waals surface area contributed by atoms with E-state index in [0.717, 1.165) is 5.56 Å². The summed E-state index contributed by atoms with van der Waals surface area (Å²) in [5, 5.41) is 8.19. The number of thiocarbonyl (C=S) groups is 2. The molecule has 0 aliphatic carbocycles. The standard InChI is InChI=1S/C16H17FN4S2/c1-21(16(23)18-11-12-7-3-2-4-8-12)20-15(22)19-14-10-6-5-9-13(14)17/h2-10H,11H2,1H3,(H,18,23)(H2,19,20,22). The Morgan fingerprint density at radius 2 is 1.70 bits per heavy atom. The van der Waals surface area contributed by atoms with Crippen LogP contribution in [0.2, 0.25) is 0 Å². The maximum absolute atomic E-state index is 13.6. The minimum atomic E-state index is -0.371. The summed E-state index contributed by atoms with van der Waals surface area (Å²) in [6, 6.07) is 16.2. The first-order valence-corrected chi connectivity index (χ1v) is 7.75. The summed E-state index contributed by atoms with van der Waals surface area (Å²) in [6.45, 7) is 0.610. The molecule has 0 fully saturated rings. The van der Waals surface area contributed by atoms with Crippen molar-refractivity contribution < 1.29 is 4.39 Å². The fourth-order valence-corrected chi connectivity index (χ4v) is 2.17. The molecular formula is C16H17FN4S2. The van der Waals surface area contributed by atoms with Crippen LogP contribution in [0.15, 0.2) is 54.6 Å². The number of nitrogens with one attached hydrogen (secondary N) is 3. The van der Waals surface area contributed by atoms with Crippen LogP contribution >= 0.6 is 24.4 Å². The van der Waals surface area contributed by atoms with Crippen molar-refractivity contribution >= 4 is 40.3 Å². The van der Waals surface area contributed by atoms with Crippen LogP contribution in [0.1, 0.15) is 5.56 Å². The average molecular weight is 348 g/mol. The number of hydrazine groups is 1. The molecule has 0 aliphatic heterocycles. The van der Waals surface area contributed by atoms with Crippen molar-refractivity contribution in [3.05, 3.63) is 66.0 Å². The van der Waals surface area contributed by atoms with Gasteiger partial charge in [-0.25, -0.2) is 4.39 Å². The minimum Gasteiger partial charge on any atom is -0.357 e. The number of nitrogens with zero attached hydrogens (tertiary/aromatic N) is 1. The van der Waals surface area contributed by atoms with E-state index in [0.29, 0.717) is 17.3 Å². The monoisotopic (exact) mass is 348 g/mol. The molecular weight excluding hydrogens is 331 g/mol. The smallest absolute Gasteiger partial charge is 0.189 e. The van der Waals surface area contributed by atoms with Gasteiger partial charge in [0.15, 0.2) is 10.2 Å². The van der Waals surface area contributed by atoms with Crippen molar-refractivity contribution in [3.63, 3.8) is 0 Å². The minimum absolute atomic E-state index is 0.251. The van der Waals surface area contributed by atoms with E-state index in [1.165, 1.54) is 6.07 Å². The van der Waals surface area contributed by atoms with Gasteiger partial charge in [-0.1, -0.05) is 42.5 Å². The molecule has 0 saturated heterocycles. The Bertz CT molecular complexity index is 679. The zero-order valence-electron chi connectivity index (χ0n) is 12.5. The molecule has 0 unspecified atom stereocenters. The Hall–Kier alpha value is -2.25. The summed E-state index contributed by atoms with van der Waals surface area (Å²) in [5.74, 6) is -0.371. The van der Waals surface area contributed by atoms with Gasteiger partial charge in [-0.05, 0) is 42.1 Å². The number of para-hydroxylation sites is 1. The SMILES string of the molecule is CN(NC(=S)Nc1ccccc1F)C(=S)NCc1ccccc1. The maximum atomic E-state index is 13.6. The van der Waals surface area contributed by atoms with Crippen molar-refractivity contribution in [1.82, 2.24) is 15.8 Å². The molecule has 0 heterocycles. The fourth-order valence-electron chi connectivity index (χ4n) is 1.81. The molecule has 0 spiro atoms. The van der Waals surface area contributed by atoms with Crippen molar-refractivity contribution in [3.8, 4) is 0 Å². The van der Waals surface area contributed by atoms with Crippen molar-refractivity contribution in [2.45, 2.75) is 6.54 Å². The Labute approximate surface area is 145 Å². The lowest BCUT2D eigenvalue weighted by molar-refractivity contribution is 0.450. The zero-order valence-corrected chi connectivity index (χ0v) is 14.2. The highest BCUT2D eigenvalue weighted by Crippen LogP contribution is 2.11. The second kappa shape index (κ2) is 8.40. The van der Waals surface area contributed by atoms with E-state index < -0.39 is 0 Å². The van der Waals surface area contributed by atoms with Crippen molar-refractivity contribution in [1.29, 1.82) is 0 Å². The van der Waals surface area contributed by atoms with E-state index in [1.807, 2.05) is 30.3 Å². The van der Waals surface area contributed by atoms with Crippen molar-refractivity contribution in [2.24, 2.45) is 0 Å². The van der Waals surface area contributed by atoms with Crippen LogP contribution in [0.4, 0.5) is 10.1 Å². The van der Waals surface area contributed by atoms with Gasteiger partial charge in [0, 0.05) is 13.6 Å². The largest absolute Gasteiger partial charge is 0.357 e. The highest BCUT2D eigenvalue weighted by molar-refractivity contribution is 7.80. The van der Waals surface area contributed by atoms with E-state index in [-0.39, 0.29) is 10.9 Å². The van der Waals surface area contributed by atoms with Gasteiger partial charge in [-0.3, -0.25) is 10.4 Å². The molecule has 2 aromatic carbocycles. The molecule has 23 heavy (non-hydrogen) atoms. The third-order valence-corrected chi connectivity index (χ3v) is 3.59. The summed E-state index contributed by atoms with van der Waals surface area (Å²) >= 11 is 10.4. The second-order valence-corrected chi connectivity index (χ2v) is 5.54. The first-order chi connectivity index (χ1) is 11.1. The number of benzene rings is 2. The predicted molar refractivity (Wildman–Crippen MR) is 99.4 cm³/mol. The van der Waals surface area contributed by atoms with E-state index in [1.54, 1.807) is 30.3 Å². The normalized spacial score (nSPS) is 9.83. The Kier molecular flexibility index (Phi) is 6.25. The summed E-state index contributed by atoms with van der Waals surface area (Å²) in [6.07, 6.45) is 0. The van der Waals surface area contributed by atoms with Gasteiger partial charge in [-0.2, -0.15) is 0 Å². The first kappa shape index (κ1) is 17.1. The number of rotatable bonds is 3. The van der Waals surface area contributed by atoms with E-state index in [2.05, 4.69) is 16.1 Å². The quantitative estimate of drug-likeness (QED) is 0.585. The lowest BCUT2D eigenvalue weighted by atomic mass is 10.2. The molecule has 0 atom stereocenters. The van der Waals surface area contributed by atoms with Gasteiger partial charge in [0.1, 0.15) is 5.82 Å². The number of halogens is 1. The lowest BCUT2D eigenvalue weighted by Gasteiger charge is -2.23. The van der Waals surface area contributed by atoms with E-state index in [4.69, 9.17) is 24.4 Å². The Balaban J connectivity index is 1.81. The van der Waals surface area contributed by atoms with Crippen molar-refractivity contribution in [2.75, 3.05) is 12.4 Å². The van der Waals surface area contributed by atoms with E-state index >= 15 is 0 Å². The van der Waals surface area contributed by atoms with Gasteiger partial charge in [0.25, 0.3) is 0 Å². The summed E-state index contributed by atoms with van der Waals surface area (Å²) in [5.41, 5.74) is 4.30. The molecule has 0 amide bonds. The van der Waals surface area contributed by atoms with Crippen LogP contribution < -0.4 is 16.1 Å². The molecule has 7 heteroatoms. The number of hydrogen-bond acceptors (Lipinski definition) is 2. The first-order valence-electron chi connectivity index (χ1n) is 6.94. The van der Waals surface area contributed by atoms with Crippen LogP contribution in [0, 0.1) is 5.82 Å². The second-order valence-electron chi connectivity index (χ2n) is 4.75. The zero-order chi connectivity index (χ0) is 16.7. The number of anilines is 1. The third kappa shape index (κ3) is 5.46. The van der Waals surface area contributed by atoms with Gasteiger partial charge in [0.05, 0.1) is 5.69 Å². The summed E-state index contributed by atoms with van der Waals surface area (Å²) in [4.78, 5) is 0. The van der Waals surface area contributed by atoms with Crippen LogP contribution in [-0.4, -0.2) is 22.3 Å². The highest BCUT2D eigenvalue weighted by Gasteiger charge is 2.07. The summed E-state index contributed by atoms with van der Waals surface area (Å²) < 4.78 is 13.6. The van der Waals surface area contributed by atoms with Gasteiger partial charge in [0.2, 0.25) is 0 Å². The highest BCUT2D eigenvalue weighted by atomic mass is 32.1. The molecule has 4 nitrogen and oxygen atoms in total. The average Bonchev–Trinajstić information content (AvgIpc) is 2.55. The molecule has 0 saturated carbocycles. The Morgan fingerprint density at radius 1 is 1.04 bits per heavy atom. The molecule has 3 N–H and O–H groups in total. The molecule has 0 radical (unpaired) electrons. The summed E-state index contributed by atoms with van der Waals surface area (Å²) in [7, 11) is 1.73. The molecule has 0 aromatic heterocycles. The predicted octanol–water partition coefficient (Wildman–Crippen LogP) is 3.03. The van der Waals surface area contributed by atoms with Gasteiger partial charge < -0.3 is 10.6 Å². The fraction of sp³-hybridized carbons (Fsp3) is 0.125. The van der Waals surface area contributed by atoms with Crippen LogP contribution in [0.25, 0.3) is 0 Å². The molecule has 0 bridgehead atoms. The number of hydrogen-bond donors (Lipinski definition) is 3. The maximum Gasteiger partial charge on any atom is 0.189 e. The molecule has 2 aromatic rings. The van der Waals surface area contributed by atoms with Gasteiger partial charge >= 0.3 is 0 Å². The third-order valence-electron chi connectivity index (χ3n) is 2.98. The molecule has 2 rings (SSSR count). The van der Waals surface area contributed by atoms with Crippen LogP contribution in [0.3, 0.4) is 0 Å². The Morgan fingerprint density at radius 3 is 2.39 bits per heavy atom. The van der Waals surface area contributed by atoms with E-state index in [9.17, 15) is 4.39 Å². The lowest BCUT2D eigenvalue weighted by Crippen LogP contribution is -2.49. The van der Waals surface area contributed by atoms with Crippen LogP contribution in [-0.2, 0) is 6.54 Å².